The highest BCUT2D eigenvalue weighted by molar-refractivity contribution is 5.95. The molecule has 2 aromatic carbocycles. The summed E-state index contributed by atoms with van der Waals surface area (Å²) >= 11 is 0. The summed E-state index contributed by atoms with van der Waals surface area (Å²) in [5.74, 6) is 0.333. The van der Waals surface area contributed by atoms with Gasteiger partial charge in [-0.1, -0.05) is 25.0 Å². The van der Waals surface area contributed by atoms with Crippen molar-refractivity contribution in [3.05, 3.63) is 59.4 Å². The zero-order valence-electron chi connectivity index (χ0n) is 15.3. The number of nitrogens with zero attached hydrogens (tertiary/aromatic N) is 1. The Bertz CT molecular complexity index is 744. The number of rotatable bonds is 5. The van der Waals surface area contributed by atoms with Crippen LogP contribution in [0.15, 0.2) is 42.5 Å². The molecule has 0 bridgehead atoms. The topological polar surface area (TPSA) is 55.6 Å². The maximum atomic E-state index is 14.2. The molecule has 3 rings (SSSR count). The summed E-state index contributed by atoms with van der Waals surface area (Å²) in [6, 6.07) is 11.9. The number of amides is 1. The Labute approximate surface area is 165 Å². The molecule has 1 aliphatic rings. The minimum absolute atomic E-state index is 0. The molecule has 2 aromatic rings. The van der Waals surface area contributed by atoms with Crippen molar-refractivity contribution in [2.24, 2.45) is 5.73 Å². The smallest absolute Gasteiger partial charge is 0.256 e. The Kier molecular flexibility index (Phi) is 8.07. The van der Waals surface area contributed by atoms with E-state index in [0.717, 1.165) is 37.7 Å². The highest BCUT2D eigenvalue weighted by Crippen LogP contribution is 2.25. The third-order valence-electron chi connectivity index (χ3n) is 4.65. The van der Waals surface area contributed by atoms with Gasteiger partial charge in [0.1, 0.15) is 17.3 Å². The van der Waals surface area contributed by atoms with Crippen LogP contribution in [-0.2, 0) is 6.42 Å². The molecule has 1 aliphatic heterocycles. The van der Waals surface area contributed by atoms with Gasteiger partial charge in [-0.15, -0.1) is 12.4 Å². The van der Waals surface area contributed by atoms with Gasteiger partial charge in [-0.2, -0.15) is 0 Å². The first-order valence-electron chi connectivity index (χ1n) is 9.23. The molecule has 1 heterocycles. The first-order valence-corrected chi connectivity index (χ1v) is 9.23. The van der Waals surface area contributed by atoms with Gasteiger partial charge < -0.3 is 15.4 Å². The average Bonchev–Trinajstić information content (AvgIpc) is 2.94. The van der Waals surface area contributed by atoms with Crippen LogP contribution in [0, 0.1) is 5.82 Å². The lowest BCUT2D eigenvalue weighted by Crippen LogP contribution is -2.32. The minimum atomic E-state index is -0.509. The first-order chi connectivity index (χ1) is 12.7. The van der Waals surface area contributed by atoms with Crippen molar-refractivity contribution in [3.63, 3.8) is 0 Å². The van der Waals surface area contributed by atoms with Gasteiger partial charge in [0, 0.05) is 13.1 Å². The van der Waals surface area contributed by atoms with Crippen LogP contribution in [0.1, 0.15) is 41.6 Å². The fourth-order valence-electron chi connectivity index (χ4n) is 3.20. The number of ether oxygens (including phenoxy) is 1. The van der Waals surface area contributed by atoms with E-state index in [4.69, 9.17) is 10.5 Å². The second-order valence-corrected chi connectivity index (χ2v) is 6.63. The van der Waals surface area contributed by atoms with Gasteiger partial charge in [0.2, 0.25) is 0 Å². The van der Waals surface area contributed by atoms with Crippen LogP contribution >= 0.6 is 12.4 Å². The van der Waals surface area contributed by atoms with Crippen LogP contribution in [0.5, 0.6) is 11.5 Å². The zero-order valence-corrected chi connectivity index (χ0v) is 16.1. The predicted molar refractivity (Wildman–Crippen MR) is 107 cm³/mol. The minimum Gasteiger partial charge on any atom is -0.457 e. The summed E-state index contributed by atoms with van der Waals surface area (Å²) < 4.78 is 20.0. The summed E-state index contributed by atoms with van der Waals surface area (Å²) in [5.41, 5.74) is 6.76. The SMILES string of the molecule is Cl.NCCc1ccc(Oc2ccc(F)c(C(=O)N3CCCCCC3)c2)cc1. The third kappa shape index (κ3) is 5.68. The summed E-state index contributed by atoms with van der Waals surface area (Å²) in [6.45, 7) is 1.97. The quantitative estimate of drug-likeness (QED) is 0.811. The average molecular weight is 393 g/mol. The number of likely N-dealkylation sites (tertiary alicyclic amines) is 1. The van der Waals surface area contributed by atoms with Gasteiger partial charge in [0.25, 0.3) is 5.91 Å². The van der Waals surface area contributed by atoms with Crippen LogP contribution in [0.4, 0.5) is 4.39 Å². The zero-order chi connectivity index (χ0) is 18.4. The van der Waals surface area contributed by atoms with E-state index in [0.29, 0.717) is 31.1 Å². The normalized spacial score (nSPS) is 14.2. The maximum absolute atomic E-state index is 14.2. The third-order valence-corrected chi connectivity index (χ3v) is 4.65. The van der Waals surface area contributed by atoms with Crippen molar-refractivity contribution in [1.82, 2.24) is 4.90 Å². The van der Waals surface area contributed by atoms with E-state index in [2.05, 4.69) is 0 Å². The molecule has 1 fully saturated rings. The predicted octanol–water partition coefficient (Wildman–Crippen LogP) is 4.56. The van der Waals surface area contributed by atoms with Gasteiger partial charge in [0.05, 0.1) is 5.56 Å². The standard InChI is InChI=1S/C21H25FN2O2.ClH/c22-20-10-9-18(26-17-7-5-16(6-8-17)11-12-23)15-19(20)21(25)24-13-3-1-2-4-14-24;/h5-10,15H,1-4,11-14,23H2;1H. The molecule has 4 nitrogen and oxygen atoms in total. The van der Waals surface area contributed by atoms with Crippen molar-refractivity contribution < 1.29 is 13.9 Å². The number of carbonyl (C=O) groups is 1. The molecule has 0 aliphatic carbocycles. The van der Waals surface area contributed by atoms with Gasteiger partial charge in [-0.25, -0.2) is 4.39 Å². The number of benzene rings is 2. The summed E-state index contributed by atoms with van der Waals surface area (Å²) in [7, 11) is 0. The maximum Gasteiger partial charge on any atom is 0.256 e. The number of hydrogen-bond donors (Lipinski definition) is 1. The largest absolute Gasteiger partial charge is 0.457 e. The molecule has 0 aromatic heterocycles. The van der Waals surface area contributed by atoms with E-state index in [1.165, 1.54) is 12.1 Å². The number of halogens is 2. The highest BCUT2D eigenvalue weighted by atomic mass is 35.5. The number of carbonyl (C=O) groups excluding carboxylic acids is 1. The second kappa shape index (κ2) is 10.3. The van der Waals surface area contributed by atoms with Crippen LogP contribution in [0.25, 0.3) is 0 Å². The Balaban J connectivity index is 0.00000261. The fraction of sp³-hybridized carbons (Fsp3) is 0.381. The molecule has 0 spiro atoms. The lowest BCUT2D eigenvalue weighted by molar-refractivity contribution is 0.0756. The van der Waals surface area contributed by atoms with E-state index in [9.17, 15) is 9.18 Å². The first kappa shape index (κ1) is 21.2. The van der Waals surface area contributed by atoms with Crippen molar-refractivity contribution >= 4 is 18.3 Å². The summed E-state index contributed by atoms with van der Waals surface area (Å²) in [6.07, 6.45) is 4.99. The molecule has 1 saturated heterocycles. The Morgan fingerprint density at radius 3 is 2.26 bits per heavy atom. The lowest BCUT2D eigenvalue weighted by Gasteiger charge is -2.21. The van der Waals surface area contributed by atoms with Gasteiger partial charge in [-0.3, -0.25) is 4.79 Å². The number of hydrogen-bond acceptors (Lipinski definition) is 3. The molecule has 27 heavy (non-hydrogen) atoms. The van der Waals surface area contributed by atoms with Crippen LogP contribution in [-0.4, -0.2) is 30.4 Å². The van der Waals surface area contributed by atoms with Gasteiger partial charge in [0.15, 0.2) is 0 Å². The van der Waals surface area contributed by atoms with Crippen LogP contribution in [0.3, 0.4) is 0 Å². The monoisotopic (exact) mass is 392 g/mol. The molecule has 146 valence electrons. The second-order valence-electron chi connectivity index (χ2n) is 6.63. The lowest BCUT2D eigenvalue weighted by atomic mass is 10.1. The van der Waals surface area contributed by atoms with E-state index >= 15 is 0 Å². The van der Waals surface area contributed by atoms with Crippen molar-refractivity contribution in [2.45, 2.75) is 32.1 Å². The van der Waals surface area contributed by atoms with Crippen molar-refractivity contribution in [2.75, 3.05) is 19.6 Å². The molecule has 0 radical (unpaired) electrons. The molecule has 6 heteroatoms. The van der Waals surface area contributed by atoms with Crippen molar-refractivity contribution in [3.8, 4) is 11.5 Å². The Morgan fingerprint density at radius 1 is 1.00 bits per heavy atom. The summed E-state index contributed by atoms with van der Waals surface area (Å²) in [5, 5.41) is 0. The molecule has 0 atom stereocenters. The van der Waals surface area contributed by atoms with E-state index in [-0.39, 0.29) is 23.9 Å². The molecule has 0 saturated carbocycles. The molecular weight excluding hydrogens is 367 g/mol. The number of nitrogens with two attached hydrogens (primary N) is 1. The Morgan fingerprint density at radius 2 is 1.63 bits per heavy atom. The van der Waals surface area contributed by atoms with E-state index in [1.54, 1.807) is 11.0 Å². The van der Waals surface area contributed by atoms with E-state index in [1.807, 2.05) is 24.3 Å². The van der Waals surface area contributed by atoms with E-state index < -0.39 is 5.82 Å². The van der Waals surface area contributed by atoms with Crippen LogP contribution < -0.4 is 10.5 Å². The molecular formula is C21H26ClFN2O2. The highest BCUT2D eigenvalue weighted by Gasteiger charge is 2.21. The molecule has 1 amide bonds. The van der Waals surface area contributed by atoms with Crippen molar-refractivity contribution in [1.29, 1.82) is 0 Å². The van der Waals surface area contributed by atoms with Gasteiger partial charge in [-0.05, 0) is 61.7 Å². The molecule has 0 unspecified atom stereocenters. The van der Waals surface area contributed by atoms with Gasteiger partial charge >= 0.3 is 0 Å². The summed E-state index contributed by atoms with van der Waals surface area (Å²) in [4.78, 5) is 14.5. The molecule has 2 N–H and O–H groups in total. The fourth-order valence-corrected chi connectivity index (χ4v) is 3.20. The Hall–Kier alpha value is -2.11. The van der Waals surface area contributed by atoms with Crippen LogP contribution in [0.2, 0.25) is 0 Å².